The second kappa shape index (κ2) is 8.64. The molecule has 0 aliphatic carbocycles. The number of hydrogen-bond donors (Lipinski definition) is 2. The molecule has 2 amide bonds. The number of halogens is 1. The van der Waals surface area contributed by atoms with Gasteiger partial charge in [-0.05, 0) is 17.2 Å². The summed E-state index contributed by atoms with van der Waals surface area (Å²) in [4.78, 5) is 48.5. The normalized spacial score (nSPS) is 16.6. The molecule has 2 aromatic carbocycles. The molecular weight excluding hydrogens is 379 g/mol. The van der Waals surface area contributed by atoms with Gasteiger partial charge in [0.1, 0.15) is 12.4 Å². The lowest BCUT2D eigenvalue weighted by atomic mass is 9.94. The molecule has 1 heterocycles. The Morgan fingerprint density at radius 1 is 1.10 bits per heavy atom. The van der Waals surface area contributed by atoms with E-state index in [-0.39, 0.29) is 25.1 Å². The highest BCUT2D eigenvalue weighted by Gasteiger charge is 2.40. The van der Waals surface area contributed by atoms with E-state index in [2.05, 4.69) is 5.32 Å². The maximum atomic E-state index is 14.6. The molecule has 1 aliphatic rings. The van der Waals surface area contributed by atoms with Crippen LogP contribution in [0.15, 0.2) is 48.5 Å². The highest BCUT2D eigenvalue weighted by atomic mass is 19.1. The van der Waals surface area contributed by atoms with Crippen molar-refractivity contribution in [3.63, 3.8) is 0 Å². The lowest BCUT2D eigenvalue weighted by molar-refractivity contribution is -0.152. The van der Waals surface area contributed by atoms with E-state index in [1.807, 2.05) is 30.3 Å². The Kier molecular flexibility index (Phi) is 6.01. The van der Waals surface area contributed by atoms with Gasteiger partial charge in [-0.15, -0.1) is 0 Å². The Balaban J connectivity index is 1.74. The van der Waals surface area contributed by atoms with Gasteiger partial charge in [0.2, 0.25) is 11.8 Å². The quantitative estimate of drug-likeness (QED) is 0.720. The maximum Gasteiger partial charge on any atom is 0.322 e. The number of likely N-dealkylation sites (tertiary alicyclic amines) is 1. The number of nitrogens with one attached hydrogen (secondary N) is 1. The van der Waals surface area contributed by atoms with E-state index in [9.17, 15) is 23.6 Å². The lowest BCUT2D eigenvalue weighted by Crippen LogP contribution is -2.52. The Labute approximate surface area is 166 Å². The molecule has 0 spiro atoms. The van der Waals surface area contributed by atoms with Crippen LogP contribution >= 0.6 is 0 Å². The molecule has 2 aromatic rings. The largest absolute Gasteiger partial charge is 0.480 e. The van der Waals surface area contributed by atoms with Gasteiger partial charge in [-0.1, -0.05) is 42.5 Å². The average Bonchev–Trinajstić information content (AvgIpc) is 2.70. The van der Waals surface area contributed by atoms with E-state index in [0.717, 1.165) is 5.56 Å². The molecule has 0 bridgehead atoms. The van der Waals surface area contributed by atoms with E-state index in [1.165, 1.54) is 11.0 Å². The topological polar surface area (TPSA) is 104 Å². The molecule has 2 N–H and O–H groups in total. The van der Waals surface area contributed by atoms with Crippen molar-refractivity contribution in [2.75, 3.05) is 13.1 Å². The van der Waals surface area contributed by atoms with Crippen LogP contribution < -0.4 is 5.32 Å². The number of carboxylic acids is 1. The summed E-state index contributed by atoms with van der Waals surface area (Å²) in [6.45, 7) is -0.707. The van der Waals surface area contributed by atoms with Gasteiger partial charge < -0.3 is 15.3 Å². The van der Waals surface area contributed by atoms with Crippen LogP contribution in [0.4, 0.5) is 4.39 Å². The molecular formula is C21H19FN2O5. The standard InChI is InChI=1S/C21H19FN2O5/c22-16-10-14(13-4-2-1-3-5-13)6-7-15(16)12-24-9-8-17(25)19(21(24)29)20(28)23-11-18(26)27/h1-7,10,19H,8-9,11-12H2,(H,23,28)(H,26,27). The van der Waals surface area contributed by atoms with Crippen molar-refractivity contribution < 1.29 is 28.7 Å². The van der Waals surface area contributed by atoms with Gasteiger partial charge in [-0.3, -0.25) is 19.2 Å². The molecule has 0 aromatic heterocycles. The minimum atomic E-state index is -1.60. The summed E-state index contributed by atoms with van der Waals surface area (Å²) in [6, 6.07) is 14.0. The Morgan fingerprint density at radius 2 is 1.83 bits per heavy atom. The van der Waals surface area contributed by atoms with Crippen LogP contribution in [0.25, 0.3) is 11.1 Å². The van der Waals surface area contributed by atoms with Crippen molar-refractivity contribution >= 4 is 23.6 Å². The highest BCUT2D eigenvalue weighted by Crippen LogP contribution is 2.24. The van der Waals surface area contributed by atoms with Crippen LogP contribution in [-0.4, -0.2) is 46.7 Å². The summed E-state index contributed by atoms with van der Waals surface area (Å²) in [7, 11) is 0. The fourth-order valence-electron chi connectivity index (χ4n) is 3.19. The summed E-state index contributed by atoms with van der Waals surface area (Å²) < 4.78 is 14.6. The first kappa shape index (κ1) is 20.2. The summed E-state index contributed by atoms with van der Waals surface area (Å²) in [5.74, 6) is -5.67. The summed E-state index contributed by atoms with van der Waals surface area (Å²) >= 11 is 0. The average molecular weight is 398 g/mol. The Hall–Kier alpha value is -3.55. The van der Waals surface area contributed by atoms with Crippen molar-refractivity contribution in [3.05, 3.63) is 59.9 Å². The first-order valence-electron chi connectivity index (χ1n) is 9.01. The number of aliphatic carboxylic acids is 1. The first-order valence-corrected chi connectivity index (χ1v) is 9.01. The molecule has 1 atom stereocenters. The predicted octanol–water partition coefficient (Wildman–Crippen LogP) is 1.61. The zero-order valence-electron chi connectivity index (χ0n) is 15.4. The summed E-state index contributed by atoms with van der Waals surface area (Å²) in [6.07, 6.45) is -0.0549. The smallest absolute Gasteiger partial charge is 0.322 e. The van der Waals surface area contributed by atoms with Crippen molar-refractivity contribution in [1.82, 2.24) is 10.2 Å². The molecule has 29 heavy (non-hydrogen) atoms. The Bertz CT molecular complexity index is 961. The number of ketones is 1. The molecule has 3 rings (SSSR count). The summed E-state index contributed by atoms with van der Waals surface area (Å²) in [5, 5.41) is 10.7. The number of rotatable bonds is 6. The van der Waals surface area contributed by atoms with E-state index < -0.39 is 41.8 Å². The van der Waals surface area contributed by atoms with Gasteiger partial charge in [0.05, 0.1) is 0 Å². The molecule has 1 saturated heterocycles. The van der Waals surface area contributed by atoms with E-state index in [4.69, 9.17) is 5.11 Å². The SMILES string of the molecule is O=C(O)CNC(=O)C1C(=O)CCN(Cc2ccc(-c3ccccc3)cc2F)C1=O. The highest BCUT2D eigenvalue weighted by molar-refractivity contribution is 6.19. The number of Topliss-reactive ketones (excluding diaryl/α,β-unsaturated/α-hetero) is 1. The van der Waals surface area contributed by atoms with Crippen LogP contribution in [0.5, 0.6) is 0 Å². The van der Waals surface area contributed by atoms with Crippen LogP contribution in [0.2, 0.25) is 0 Å². The minimum absolute atomic E-state index is 0.0549. The van der Waals surface area contributed by atoms with Gasteiger partial charge in [-0.2, -0.15) is 0 Å². The second-order valence-corrected chi connectivity index (χ2v) is 6.69. The van der Waals surface area contributed by atoms with E-state index in [0.29, 0.717) is 5.56 Å². The number of carbonyl (C=O) groups is 4. The van der Waals surface area contributed by atoms with Crippen molar-refractivity contribution in [2.24, 2.45) is 5.92 Å². The number of piperidine rings is 1. The molecule has 0 saturated carbocycles. The van der Waals surface area contributed by atoms with Crippen molar-refractivity contribution in [2.45, 2.75) is 13.0 Å². The maximum absolute atomic E-state index is 14.6. The van der Waals surface area contributed by atoms with Gasteiger partial charge >= 0.3 is 5.97 Å². The molecule has 1 fully saturated rings. The number of carbonyl (C=O) groups excluding carboxylic acids is 3. The second-order valence-electron chi connectivity index (χ2n) is 6.69. The van der Waals surface area contributed by atoms with Crippen molar-refractivity contribution in [3.8, 4) is 11.1 Å². The zero-order valence-corrected chi connectivity index (χ0v) is 15.4. The molecule has 1 aliphatic heterocycles. The number of nitrogens with zero attached hydrogens (tertiary/aromatic N) is 1. The van der Waals surface area contributed by atoms with Gasteiger partial charge in [0.25, 0.3) is 0 Å². The van der Waals surface area contributed by atoms with Crippen LogP contribution in [0.3, 0.4) is 0 Å². The fourth-order valence-corrected chi connectivity index (χ4v) is 3.19. The molecule has 150 valence electrons. The molecule has 7 nitrogen and oxygen atoms in total. The third-order valence-electron chi connectivity index (χ3n) is 4.71. The number of amides is 2. The third-order valence-corrected chi connectivity index (χ3v) is 4.71. The van der Waals surface area contributed by atoms with Crippen LogP contribution in [0.1, 0.15) is 12.0 Å². The molecule has 1 unspecified atom stereocenters. The zero-order chi connectivity index (χ0) is 21.0. The van der Waals surface area contributed by atoms with Gasteiger partial charge in [-0.25, -0.2) is 4.39 Å². The first-order chi connectivity index (χ1) is 13.9. The minimum Gasteiger partial charge on any atom is -0.480 e. The lowest BCUT2D eigenvalue weighted by Gasteiger charge is -2.30. The van der Waals surface area contributed by atoms with Crippen LogP contribution in [-0.2, 0) is 25.7 Å². The predicted molar refractivity (Wildman–Crippen MR) is 101 cm³/mol. The monoisotopic (exact) mass is 398 g/mol. The number of benzene rings is 2. The van der Waals surface area contributed by atoms with Crippen LogP contribution in [0, 0.1) is 11.7 Å². The third kappa shape index (κ3) is 4.66. The van der Waals surface area contributed by atoms with E-state index >= 15 is 0 Å². The molecule has 8 heteroatoms. The van der Waals surface area contributed by atoms with Gasteiger partial charge in [0, 0.05) is 25.1 Å². The van der Waals surface area contributed by atoms with Crippen molar-refractivity contribution in [1.29, 1.82) is 0 Å². The Morgan fingerprint density at radius 3 is 2.48 bits per heavy atom. The van der Waals surface area contributed by atoms with E-state index in [1.54, 1.807) is 12.1 Å². The molecule has 0 radical (unpaired) electrons. The fraction of sp³-hybridized carbons (Fsp3) is 0.238. The summed E-state index contributed by atoms with van der Waals surface area (Å²) in [5.41, 5.74) is 1.81. The number of carboxylic acid groups (broad SMARTS) is 1. The van der Waals surface area contributed by atoms with Gasteiger partial charge in [0.15, 0.2) is 11.7 Å². The number of hydrogen-bond acceptors (Lipinski definition) is 4.